The van der Waals surface area contributed by atoms with Crippen LogP contribution in [0.2, 0.25) is 5.02 Å². The van der Waals surface area contributed by atoms with Crippen LogP contribution in [0.25, 0.3) is 0 Å². The van der Waals surface area contributed by atoms with E-state index in [1.165, 1.54) is 25.3 Å². The van der Waals surface area contributed by atoms with E-state index in [2.05, 4.69) is 0 Å². The van der Waals surface area contributed by atoms with Crippen LogP contribution in [0.1, 0.15) is 24.8 Å². The van der Waals surface area contributed by atoms with Crippen LogP contribution in [0.4, 0.5) is 4.39 Å². The highest BCUT2D eigenvalue weighted by Gasteiger charge is 2.66. The van der Waals surface area contributed by atoms with Gasteiger partial charge in [0.25, 0.3) is 0 Å². The van der Waals surface area contributed by atoms with E-state index in [4.69, 9.17) is 11.6 Å². The van der Waals surface area contributed by atoms with E-state index in [-0.39, 0.29) is 16.9 Å². The normalized spacial score (nSPS) is 40.3. The molecule has 3 fully saturated rings. The van der Waals surface area contributed by atoms with Crippen LogP contribution >= 0.6 is 11.6 Å². The summed E-state index contributed by atoms with van der Waals surface area (Å²) in [4.78, 5) is 0. The minimum Gasteiger partial charge on any atom is -0.392 e. The molecule has 5 unspecified atom stereocenters. The van der Waals surface area contributed by atoms with E-state index < -0.39 is 0 Å². The van der Waals surface area contributed by atoms with Crippen molar-refractivity contribution < 1.29 is 9.50 Å². The van der Waals surface area contributed by atoms with Crippen LogP contribution in [0.5, 0.6) is 0 Å². The maximum absolute atomic E-state index is 13.4. The quantitative estimate of drug-likeness (QED) is 0.896. The molecule has 0 saturated heterocycles. The molecule has 0 radical (unpaired) electrons. The molecule has 3 saturated carbocycles. The highest BCUT2D eigenvalue weighted by molar-refractivity contribution is 6.30. The topological polar surface area (TPSA) is 20.2 Å². The Morgan fingerprint density at radius 1 is 1.26 bits per heavy atom. The Labute approximate surface area is 117 Å². The number of fused-ring (bicyclic) bond motifs is 5. The van der Waals surface area contributed by atoms with Crippen molar-refractivity contribution in [3.8, 4) is 0 Å². The molecule has 3 aliphatic rings. The van der Waals surface area contributed by atoms with Crippen molar-refractivity contribution in [3.63, 3.8) is 0 Å². The molecule has 1 aromatic carbocycles. The van der Waals surface area contributed by atoms with Gasteiger partial charge in [-0.15, -0.1) is 0 Å². The molecule has 5 atom stereocenters. The summed E-state index contributed by atoms with van der Waals surface area (Å²) in [5, 5.41) is 10.6. The van der Waals surface area contributed by atoms with Crippen LogP contribution < -0.4 is 0 Å². The van der Waals surface area contributed by atoms with Crippen molar-refractivity contribution in [2.75, 3.05) is 0 Å². The molecule has 1 aromatic rings. The number of rotatable bonds is 3. The summed E-state index contributed by atoms with van der Waals surface area (Å²) >= 11 is 5.68. The van der Waals surface area contributed by atoms with E-state index in [9.17, 15) is 9.50 Å². The summed E-state index contributed by atoms with van der Waals surface area (Å²) in [7, 11) is 0. The van der Waals surface area contributed by atoms with Crippen LogP contribution in [0, 0.1) is 35.4 Å². The molecule has 4 rings (SSSR count). The number of benzene rings is 1. The predicted octanol–water partition coefficient (Wildman–Crippen LogP) is 3.67. The highest BCUT2D eigenvalue weighted by atomic mass is 35.5. The Hall–Kier alpha value is -0.600. The van der Waals surface area contributed by atoms with Crippen molar-refractivity contribution in [2.24, 2.45) is 29.6 Å². The molecule has 0 aliphatic heterocycles. The van der Waals surface area contributed by atoms with Gasteiger partial charge in [-0.25, -0.2) is 4.39 Å². The zero-order chi connectivity index (χ0) is 13.1. The Balaban J connectivity index is 1.45. The van der Waals surface area contributed by atoms with Crippen molar-refractivity contribution >= 4 is 11.6 Å². The largest absolute Gasteiger partial charge is 0.392 e. The van der Waals surface area contributed by atoms with Crippen LogP contribution in [0.3, 0.4) is 0 Å². The van der Waals surface area contributed by atoms with Gasteiger partial charge in [0.2, 0.25) is 0 Å². The first kappa shape index (κ1) is 12.2. The Bertz CT molecular complexity index is 501. The first-order valence-corrected chi connectivity index (χ1v) is 7.65. The van der Waals surface area contributed by atoms with E-state index >= 15 is 0 Å². The van der Waals surface area contributed by atoms with E-state index in [0.29, 0.717) is 12.3 Å². The number of hydrogen-bond donors (Lipinski definition) is 1. The van der Waals surface area contributed by atoms with Crippen LogP contribution in [0.15, 0.2) is 18.2 Å². The lowest BCUT2D eigenvalue weighted by atomic mass is 9.95. The van der Waals surface area contributed by atoms with Crippen molar-refractivity contribution in [1.82, 2.24) is 0 Å². The highest BCUT2D eigenvalue weighted by Crippen LogP contribution is 2.70. The van der Waals surface area contributed by atoms with Gasteiger partial charge >= 0.3 is 0 Å². The van der Waals surface area contributed by atoms with Gasteiger partial charge in [0.05, 0.1) is 11.1 Å². The standard InChI is InChI=1S/C16H18ClFO/c17-11-4-1-8(5-12(11)18)6-13(19)16-14-9-2-3-10(7-9)15(14)16/h1,4-5,9-10,13-16,19H,2-3,6-7H2. The number of hydrogen-bond acceptors (Lipinski definition) is 1. The number of aliphatic hydroxyl groups excluding tert-OH is 1. The predicted molar refractivity (Wildman–Crippen MR) is 72.4 cm³/mol. The van der Waals surface area contributed by atoms with Gasteiger partial charge in [-0.1, -0.05) is 17.7 Å². The molecular formula is C16H18ClFO. The third-order valence-electron chi connectivity index (χ3n) is 5.67. The summed E-state index contributed by atoms with van der Waals surface area (Å²) in [6, 6.07) is 4.86. The fourth-order valence-corrected chi connectivity index (χ4v) is 5.07. The molecule has 19 heavy (non-hydrogen) atoms. The maximum atomic E-state index is 13.4. The van der Waals surface area contributed by atoms with Gasteiger partial charge in [-0.3, -0.25) is 0 Å². The summed E-state index contributed by atoms with van der Waals surface area (Å²) in [5.74, 6) is 3.37. The molecule has 2 bridgehead atoms. The SMILES string of the molecule is OC(Cc1ccc(Cl)c(F)c1)C1C2C3CCC(C3)C12. The van der Waals surface area contributed by atoms with Crippen LogP contribution in [-0.2, 0) is 6.42 Å². The Morgan fingerprint density at radius 3 is 2.58 bits per heavy atom. The minimum atomic E-state index is -0.387. The lowest BCUT2D eigenvalue weighted by molar-refractivity contribution is 0.128. The average molecular weight is 281 g/mol. The van der Waals surface area contributed by atoms with Gasteiger partial charge in [0.1, 0.15) is 5.82 Å². The molecule has 3 heteroatoms. The fourth-order valence-electron chi connectivity index (χ4n) is 4.95. The summed E-state index contributed by atoms with van der Waals surface area (Å²) in [6.45, 7) is 0. The molecular weight excluding hydrogens is 263 g/mol. The second kappa shape index (κ2) is 4.20. The minimum absolute atomic E-state index is 0.152. The molecule has 0 heterocycles. The zero-order valence-electron chi connectivity index (χ0n) is 10.7. The molecule has 0 spiro atoms. The number of halogens is 2. The molecule has 1 nitrogen and oxygen atoms in total. The van der Waals surface area contributed by atoms with E-state index in [1.54, 1.807) is 6.07 Å². The monoisotopic (exact) mass is 280 g/mol. The zero-order valence-corrected chi connectivity index (χ0v) is 11.5. The van der Waals surface area contributed by atoms with E-state index in [0.717, 1.165) is 29.2 Å². The van der Waals surface area contributed by atoms with Crippen molar-refractivity contribution in [1.29, 1.82) is 0 Å². The van der Waals surface area contributed by atoms with Gasteiger partial charge in [0, 0.05) is 0 Å². The Kier molecular flexibility index (Phi) is 2.69. The first-order valence-electron chi connectivity index (χ1n) is 7.27. The van der Waals surface area contributed by atoms with Gasteiger partial charge in [-0.2, -0.15) is 0 Å². The molecule has 0 amide bonds. The summed E-state index contributed by atoms with van der Waals surface area (Å²) in [6.07, 6.45) is 4.38. The van der Waals surface area contributed by atoms with Crippen LogP contribution in [-0.4, -0.2) is 11.2 Å². The summed E-state index contributed by atoms with van der Waals surface area (Å²) in [5.41, 5.74) is 0.853. The fraction of sp³-hybridized carbons (Fsp3) is 0.625. The maximum Gasteiger partial charge on any atom is 0.142 e. The first-order chi connectivity index (χ1) is 9.15. The average Bonchev–Trinajstić information content (AvgIpc) is 2.83. The third kappa shape index (κ3) is 1.84. The molecule has 1 N–H and O–H groups in total. The van der Waals surface area contributed by atoms with E-state index in [1.807, 2.05) is 6.07 Å². The molecule has 0 aromatic heterocycles. The lowest BCUT2D eigenvalue weighted by Crippen LogP contribution is -2.18. The number of aliphatic hydroxyl groups is 1. The second-order valence-corrected chi connectivity index (χ2v) is 6.99. The van der Waals surface area contributed by atoms with Gasteiger partial charge in [-0.05, 0) is 73.0 Å². The molecule has 102 valence electrons. The van der Waals surface area contributed by atoms with Gasteiger partial charge < -0.3 is 5.11 Å². The summed E-state index contributed by atoms with van der Waals surface area (Å²) < 4.78 is 13.4. The van der Waals surface area contributed by atoms with Crippen molar-refractivity contribution in [3.05, 3.63) is 34.6 Å². The van der Waals surface area contributed by atoms with Crippen molar-refractivity contribution in [2.45, 2.75) is 31.8 Å². The Morgan fingerprint density at radius 2 is 1.95 bits per heavy atom. The second-order valence-electron chi connectivity index (χ2n) is 6.59. The lowest BCUT2D eigenvalue weighted by Gasteiger charge is -2.15. The van der Waals surface area contributed by atoms with Gasteiger partial charge in [0.15, 0.2) is 0 Å². The smallest absolute Gasteiger partial charge is 0.142 e. The molecule has 3 aliphatic carbocycles. The third-order valence-corrected chi connectivity index (χ3v) is 5.97.